The number of ether oxygens (including phenoxy) is 2. The minimum atomic E-state index is -4.82. The number of nitrogens with zero attached hydrogens (tertiary/aromatic N) is 2. The van der Waals surface area contributed by atoms with Crippen molar-refractivity contribution >= 4 is 28.4 Å². The maximum absolute atomic E-state index is 14.5. The molecule has 0 N–H and O–H groups in total. The Kier molecular flexibility index (Phi) is 6.06. The fourth-order valence-corrected chi connectivity index (χ4v) is 4.29. The van der Waals surface area contributed by atoms with Gasteiger partial charge >= 0.3 is 6.36 Å². The lowest BCUT2D eigenvalue weighted by Crippen LogP contribution is -2.18. The maximum atomic E-state index is 14.5. The molecule has 0 saturated heterocycles. The van der Waals surface area contributed by atoms with E-state index >= 15 is 0 Å². The summed E-state index contributed by atoms with van der Waals surface area (Å²) in [6.07, 6.45) is 2.06. The standard InChI is InChI=1S/C25H18F4N2O3S/c26-19-3-1-2-17(22(19)33-14-15-4-5-15)8-11-20-21(23(32)31-12-13-35-24(31)30-20)16-6-9-18(10-7-16)34-25(27,28)29/h1-3,6-13,15H,4-5,14H2. The molecule has 1 aliphatic carbocycles. The topological polar surface area (TPSA) is 52.8 Å². The first-order chi connectivity index (χ1) is 16.8. The number of hydrogen-bond acceptors (Lipinski definition) is 5. The van der Waals surface area contributed by atoms with Gasteiger partial charge in [0.25, 0.3) is 5.56 Å². The summed E-state index contributed by atoms with van der Waals surface area (Å²) >= 11 is 1.26. The van der Waals surface area contributed by atoms with Gasteiger partial charge in [0.15, 0.2) is 16.5 Å². The van der Waals surface area contributed by atoms with Crippen LogP contribution in [0.3, 0.4) is 0 Å². The van der Waals surface area contributed by atoms with Crippen molar-refractivity contribution in [3.8, 4) is 22.6 Å². The van der Waals surface area contributed by atoms with Gasteiger partial charge in [-0.1, -0.05) is 24.3 Å². The van der Waals surface area contributed by atoms with Crippen LogP contribution >= 0.6 is 11.3 Å². The van der Waals surface area contributed by atoms with Crippen LogP contribution in [0.4, 0.5) is 17.6 Å². The Morgan fingerprint density at radius 2 is 1.89 bits per heavy atom. The van der Waals surface area contributed by atoms with Crippen LogP contribution in [0, 0.1) is 11.7 Å². The molecule has 0 bridgehead atoms. The van der Waals surface area contributed by atoms with Gasteiger partial charge in [-0.3, -0.25) is 9.20 Å². The number of benzene rings is 2. The lowest BCUT2D eigenvalue weighted by Gasteiger charge is -2.11. The lowest BCUT2D eigenvalue weighted by atomic mass is 10.0. The quantitative estimate of drug-likeness (QED) is 0.274. The first-order valence-electron chi connectivity index (χ1n) is 10.7. The second-order valence-corrected chi connectivity index (χ2v) is 8.92. The molecule has 5 nitrogen and oxygen atoms in total. The van der Waals surface area contributed by atoms with Crippen LogP contribution in [0.5, 0.6) is 11.5 Å². The Morgan fingerprint density at radius 3 is 2.60 bits per heavy atom. The van der Waals surface area contributed by atoms with Crippen molar-refractivity contribution in [3.05, 3.63) is 81.5 Å². The number of para-hydroxylation sites is 1. The van der Waals surface area contributed by atoms with Gasteiger partial charge in [-0.2, -0.15) is 0 Å². The largest absolute Gasteiger partial charge is 0.573 e. The maximum Gasteiger partial charge on any atom is 0.573 e. The van der Waals surface area contributed by atoms with Crippen LogP contribution in [-0.4, -0.2) is 22.4 Å². The molecule has 180 valence electrons. The number of thiazole rings is 1. The van der Waals surface area contributed by atoms with Crippen LogP contribution in [0.2, 0.25) is 0 Å². The van der Waals surface area contributed by atoms with Crippen LogP contribution < -0.4 is 15.0 Å². The molecule has 2 aromatic heterocycles. The van der Waals surface area contributed by atoms with E-state index in [9.17, 15) is 22.4 Å². The summed E-state index contributed by atoms with van der Waals surface area (Å²) in [5, 5.41) is 1.71. The van der Waals surface area contributed by atoms with Crippen LogP contribution in [0.1, 0.15) is 24.1 Å². The predicted molar refractivity (Wildman–Crippen MR) is 125 cm³/mol. The van der Waals surface area contributed by atoms with Crippen molar-refractivity contribution in [1.29, 1.82) is 0 Å². The van der Waals surface area contributed by atoms with Gasteiger partial charge in [0.05, 0.1) is 17.9 Å². The highest BCUT2D eigenvalue weighted by Gasteiger charge is 2.31. The second kappa shape index (κ2) is 9.18. The van der Waals surface area contributed by atoms with Crippen LogP contribution in [0.25, 0.3) is 28.2 Å². The van der Waals surface area contributed by atoms with Crippen LogP contribution in [-0.2, 0) is 0 Å². The van der Waals surface area contributed by atoms with E-state index in [1.165, 1.54) is 33.9 Å². The molecule has 2 heterocycles. The first-order valence-corrected chi connectivity index (χ1v) is 11.6. The molecule has 0 unspecified atom stereocenters. The summed E-state index contributed by atoms with van der Waals surface area (Å²) in [4.78, 5) is 18.2. The van der Waals surface area contributed by atoms with Gasteiger partial charge in [-0.05, 0) is 54.7 Å². The third-order valence-corrected chi connectivity index (χ3v) is 6.21. The van der Waals surface area contributed by atoms with Gasteiger partial charge in [0, 0.05) is 17.1 Å². The number of alkyl halides is 3. The van der Waals surface area contributed by atoms with Crippen LogP contribution in [0.15, 0.2) is 58.8 Å². The molecular weight excluding hydrogens is 484 g/mol. The van der Waals surface area contributed by atoms with E-state index in [0.717, 1.165) is 25.0 Å². The third kappa shape index (κ3) is 5.22. The molecule has 0 amide bonds. The number of hydrogen-bond donors (Lipinski definition) is 0. The van der Waals surface area contributed by atoms with E-state index in [1.807, 2.05) is 0 Å². The van der Waals surface area contributed by atoms with Crippen molar-refractivity contribution in [2.45, 2.75) is 19.2 Å². The van der Waals surface area contributed by atoms with E-state index in [4.69, 9.17) is 4.74 Å². The Labute approximate surface area is 200 Å². The number of rotatable bonds is 7. The van der Waals surface area contributed by atoms with E-state index in [1.54, 1.807) is 35.9 Å². The SMILES string of the molecule is O=c1c(-c2ccc(OC(F)(F)F)cc2)c(C=Cc2cccc(F)c2OCC2CC2)nc2sccn12. The molecule has 10 heteroatoms. The van der Waals surface area contributed by atoms with Crippen molar-refractivity contribution in [1.82, 2.24) is 9.38 Å². The number of aromatic nitrogens is 2. The number of fused-ring (bicyclic) bond motifs is 1. The summed E-state index contributed by atoms with van der Waals surface area (Å²) in [5.41, 5.74) is 0.942. The van der Waals surface area contributed by atoms with Crippen molar-refractivity contribution in [2.24, 2.45) is 5.92 Å². The van der Waals surface area contributed by atoms with E-state index in [2.05, 4.69) is 9.72 Å². The van der Waals surface area contributed by atoms with Crippen molar-refractivity contribution < 1.29 is 27.0 Å². The van der Waals surface area contributed by atoms with Crippen molar-refractivity contribution in [3.63, 3.8) is 0 Å². The van der Waals surface area contributed by atoms with E-state index in [-0.39, 0.29) is 16.9 Å². The highest BCUT2D eigenvalue weighted by molar-refractivity contribution is 7.15. The van der Waals surface area contributed by atoms with Gasteiger partial charge in [0.1, 0.15) is 5.75 Å². The Balaban J connectivity index is 1.55. The second-order valence-electron chi connectivity index (χ2n) is 8.05. The van der Waals surface area contributed by atoms with Crippen molar-refractivity contribution in [2.75, 3.05) is 6.61 Å². The lowest BCUT2D eigenvalue weighted by molar-refractivity contribution is -0.274. The minimum absolute atomic E-state index is 0.125. The molecule has 1 fully saturated rings. The molecule has 4 aromatic rings. The monoisotopic (exact) mass is 502 g/mol. The van der Waals surface area contributed by atoms with Gasteiger partial charge in [0.2, 0.25) is 0 Å². The summed E-state index contributed by atoms with van der Waals surface area (Å²) in [6, 6.07) is 9.57. The smallest absolute Gasteiger partial charge is 0.490 e. The Morgan fingerprint density at radius 1 is 1.11 bits per heavy atom. The van der Waals surface area contributed by atoms with Gasteiger partial charge in [-0.25, -0.2) is 9.37 Å². The Hall–Kier alpha value is -3.66. The molecule has 1 saturated carbocycles. The zero-order valence-corrected chi connectivity index (χ0v) is 18.9. The molecule has 1 aliphatic rings. The zero-order chi connectivity index (χ0) is 24.6. The highest BCUT2D eigenvalue weighted by Crippen LogP contribution is 2.33. The summed E-state index contributed by atoms with van der Waals surface area (Å²) in [6.45, 7) is 0.431. The molecule has 0 radical (unpaired) electrons. The average molecular weight is 502 g/mol. The summed E-state index contributed by atoms with van der Waals surface area (Å²) in [5.74, 6) is -0.333. The van der Waals surface area contributed by atoms with E-state index in [0.29, 0.717) is 34.3 Å². The normalized spacial score (nSPS) is 14.1. The Bertz CT molecular complexity index is 1450. The van der Waals surface area contributed by atoms with Gasteiger partial charge in [-0.15, -0.1) is 24.5 Å². The molecular formula is C25H18F4N2O3S. The molecule has 35 heavy (non-hydrogen) atoms. The average Bonchev–Trinajstić information content (AvgIpc) is 3.51. The predicted octanol–water partition coefficient (Wildman–Crippen LogP) is 6.42. The fraction of sp³-hybridized carbons (Fsp3) is 0.200. The highest BCUT2D eigenvalue weighted by atomic mass is 32.1. The molecule has 0 spiro atoms. The molecule has 0 atom stereocenters. The fourth-order valence-electron chi connectivity index (χ4n) is 3.58. The summed E-state index contributed by atoms with van der Waals surface area (Å²) < 4.78 is 63.0. The minimum Gasteiger partial charge on any atom is -0.490 e. The molecule has 0 aliphatic heterocycles. The van der Waals surface area contributed by atoms with Gasteiger partial charge < -0.3 is 9.47 Å². The molecule has 5 rings (SSSR count). The number of halogens is 4. The van der Waals surface area contributed by atoms with E-state index < -0.39 is 17.9 Å². The molecule has 2 aromatic carbocycles. The third-order valence-electron chi connectivity index (χ3n) is 5.45. The summed E-state index contributed by atoms with van der Waals surface area (Å²) in [7, 11) is 0. The zero-order valence-electron chi connectivity index (χ0n) is 18.1. The first kappa shape index (κ1) is 23.1.